The Hall–Kier alpha value is -0.850. The highest BCUT2D eigenvalue weighted by Crippen LogP contribution is 2.10. The molecule has 0 aromatic rings. The minimum absolute atomic E-state index is 0.644. The van der Waals surface area contributed by atoms with Crippen molar-refractivity contribution in [3.05, 3.63) is 0 Å². The Balaban J connectivity index is 1.56. The number of aliphatic imine (C=N–C) groups is 1. The van der Waals surface area contributed by atoms with E-state index in [4.69, 9.17) is 4.74 Å². The van der Waals surface area contributed by atoms with Crippen LogP contribution in [0.2, 0.25) is 0 Å². The van der Waals surface area contributed by atoms with Gasteiger partial charge in [-0.05, 0) is 31.8 Å². The van der Waals surface area contributed by atoms with Crippen LogP contribution in [0.5, 0.6) is 0 Å². The Morgan fingerprint density at radius 2 is 1.78 bits per heavy atom. The molecule has 1 atom stereocenters. The number of hydrogen-bond donors (Lipinski definition) is 2. The van der Waals surface area contributed by atoms with Gasteiger partial charge in [0, 0.05) is 46.3 Å². The number of morpholine rings is 1. The fourth-order valence-corrected chi connectivity index (χ4v) is 3.30. The van der Waals surface area contributed by atoms with E-state index in [1.807, 2.05) is 7.05 Å². The van der Waals surface area contributed by atoms with E-state index in [-0.39, 0.29) is 0 Å². The summed E-state index contributed by atoms with van der Waals surface area (Å²) in [5, 5.41) is 6.88. The lowest BCUT2D eigenvalue weighted by Gasteiger charge is -2.29. The monoisotopic (exact) mass is 325 g/mol. The maximum atomic E-state index is 5.37. The van der Waals surface area contributed by atoms with Gasteiger partial charge in [0.15, 0.2) is 5.96 Å². The molecule has 6 nitrogen and oxygen atoms in total. The van der Waals surface area contributed by atoms with E-state index in [9.17, 15) is 0 Å². The van der Waals surface area contributed by atoms with Crippen LogP contribution in [0.15, 0.2) is 4.99 Å². The Morgan fingerprint density at radius 1 is 1.04 bits per heavy atom. The molecule has 0 bridgehead atoms. The standard InChI is InChI=1S/C17H35N5O/c1-16(15-22-7-4-3-5-8-22)14-20-17(18-2)19-6-9-21-10-12-23-13-11-21/h16H,3-15H2,1-2H3,(H2,18,19,20). The summed E-state index contributed by atoms with van der Waals surface area (Å²) in [6.45, 7) is 12.8. The molecule has 0 spiro atoms. The van der Waals surface area contributed by atoms with Gasteiger partial charge >= 0.3 is 0 Å². The molecular weight excluding hydrogens is 290 g/mol. The SMILES string of the molecule is CN=C(NCCN1CCOCC1)NCC(C)CN1CCCCC1. The summed E-state index contributed by atoms with van der Waals surface area (Å²) in [4.78, 5) is 9.36. The summed E-state index contributed by atoms with van der Waals surface area (Å²) >= 11 is 0. The molecule has 0 aromatic carbocycles. The van der Waals surface area contributed by atoms with Crippen LogP contribution in [0, 0.1) is 5.92 Å². The zero-order valence-corrected chi connectivity index (χ0v) is 15.0. The van der Waals surface area contributed by atoms with E-state index in [0.717, 1.165) is 51.9 Å². The van der Waals surface area contributed by atoms with E-state index in [0.29, 0.717) is 5.92 Å². The van der Waals surface area contributed by atoms with Crippen molar-refractivity contribution < 1.29 is 4.74 Å². The fourth-order valence-electron chi connectivity index (χ4n) is 3.30. The normalized spacial score (nSPS) is 22.8. The van der Waals surface area contributed by atoms with Crippen molar-refractivity contribution in [3.8, 4) is 0 Å². The number of nitrogens with one attached hydrogen (secondary N) is 2. The molecule has 2 saturated heterocycles. The molecule has 2 aliphatic heterocycles. The van der Waals surface area contributed by atoms with Gasteiger partial charge in [-0.3, -0.25) is 9.89 Å². The van der Waals surface area contributed by atoms with E-state index in [2.05, 4.69) is 32.3 Å². The zero-order chi connectivity index (χ0) is 16.3. The van der Waals surface area contributed by atoms with Crippen molar-refractivity contribution in [2.45, 2.75) is 26.2 Å². The number of piperidine rings is 1. The molecule has 1 unspecified atom stereocenters. The van der Waals surface area contributed by atoms with Gasteiger partial charge in [0.1, 0.15) is 0 Å². The molecule has 0 aliphatic carbocycles. The highest BCUT2D eigenvalue weighted by Gasteiger charge is 2.14. The van der Waals surface area contributed by atoms with Crippen LogP contribution in [0.1, 0.15) is 26.2 Å². The molecule has 2 heterocycles. The molecule has 2 aliphatic rings. The summed E-state index contributed by atoms with van der Waals surface area (Å²) in [7, 11) is 1.85. The number of ether oxygens (including phenoxy) is 1. The number of likely N-dealkylation sites (tertiary alicyclic amines) is 1. The Bertz CT molecular complexity index is 338. The van der Waals surface area contributed by atoms with E-state index >= 15 is 0 Å². The van der Waals surface area contributed by atoms with Crippen LogP contribution in [0.3, 0.4) is 0 Å². The Kier molecular flexibility index (Phi) is 8.71. The van der Waals surface area contributed by atoms with Gasteiger partial charge in [-0.1, -0.05) is 13.3 Å². The van der Waals surface area contributed by atoms with Gasteiger partial charge in [0.2, 0.25) is 0 Å². The smallest absolute Gasteiger partial charge is 0.191 e. The molecule has 23 heavy (non-hydrogen) atoms. The summed E-state index contributed by atoms with van der Waals surface area (Å²) in [5.74, 6) is 1.56. The molecule has 2 fully saturated rings. The third kappa shape index (κ3) is 7.50. The molecule has 0 aromatic heterocycles. The lowest BCUT2D eigenvalue weighted by molar-refractivity contribution is 0.0389. The maximum Gasteiger partial charge on any atom is 0.191 e. The van der Waals surface area contributed by atoms with Gasteiger partial charge in [0.25, 0.3) is 0 Å². The number of nitrogens with zero attached hydrogens (tertiary/aromatic N) is 3. The summed E-state index contributed by atoms with van der Waals surface area (Å²) in [6, 6.07) is 0. The first-order valence-corrected chi connectivity index (χ1v) is 9.25. The van der Waals surface area contributed by atoms with Crippen molar-refractivity contribution in [3.63, 3.8) is 0 Å². The second-order valence-corrected chi connectivity index (χ2v) is 6.80. The third-order valence-electron chi connectivity index (χ3n) is 4.68. The zero-order valence-electron chi connectivity index (χ0n) is 15.0. The number of guanidine groups is 1. The fraction of sp³-hybridized carbons (Fsp3) is 0.941. The van der Waals surface area contributed by atoms with Crippen LogP contribution >= 0.6 is 0 Å². The molecule has 0 amide bonds. The van der Waals surface area contributed by atoms with E-state index < -0.39 is 0 Å². The molecule has 6 heteroatoms. The van der Waals surface area contributed by atoms with Crippen LogP contribution in [0.25, 0.3) is 0 Å². The van der Waals surface area contributed by atoms with Crippen molar-refractivity contribution in [2.24, 2.45) is 10.9 Å². The van der Waals surface area contributed by atoms with Crippen LogP contribution in [-0.2, 0) is 4.74 Å². The van der Waals surface area contributed by atoms with Gasteiger partial charge < -0.3 is 20.3 Å². The van der Waals surface area contributed by atoms with Gasteiger partial charge in [-0.15, -0.1) is 0 Å². The van der Waals surface area contributed by atoms with Crippen molar-refractivity contribution >= 4 is 5.96 Å². The average Bonchev–Trinajstić information content (AvgIpc) is 2.59. The average molecular weight is 326 g/mol. The van der Waals surface area contributed by atoms with Gasteiger partial charge in [-0.25, -0.2) is 0 Å². The predicted molar refractivity (Wildman–Crippen MR) is 96.1 cm³/mol. The summed E-state index contributed by atoms with van der Waals surface area (Å²) in [6.07, 6.45) is 4.14. The largest absolute Gasteiger partial charge is 0.379 e. The minimum atomic E-state index is 0.644. The van der Waals surface area contributed by atoms with Crippen LogP contribution in [0.4, 0.5) is 0 Å². The molecule has 2 N–H and O–H groups in total. The van der Waals surface area contributed by atoms with Crippen molar-refractivity contribution in [2.75, 3.05) is 72.6 Å². The highest BCUT2D eigenvalue weighted by molar-refractivity contribution is 5.79. The minimum Gasteiger partial charge on any atom is -0.379 e. The van der Waals surface area contributed by atoms with Crippen molar-refractivity contribution in [1.82, 2.24) is 20.4 Å². The summed E-state index contributed by atoms with van der Waals surface area (Å²) < 4.78 is 5.37. The van der Waals surface area contributed by atoms with Crippen molar-refractivity contribution in [1.29, 1.82) is 0 Å². The first kappa shape index (κ1) is 18.5. The lowest BCUT2D eigenvalue weighted by atomic mass is 10.1. The third-order valence-corrected chi connectivity index (χ3v) is 4.68. The Morgan fingerprint density at radius 3 is 2.48 bits per heavy atom. The number of hydrogen-bond acceptors (Lipinski definition) is 4. The second-order valence-electron chi connectivity index (χ2n) is 6.80. The second kappa shape index (κ2) is 10.8. The lowest BCUT2D eigenvalue weighted by Crippen LogP contribution is -2.46. The highest BCUT2D eigenvalue weighted by atomic mass is 16.5. The van der Waals surface area contributed by atoms with E-state index in [1.165, 1.54) is 38.9 Å². The van der Waals surface area contributed by atoms with Gasteiger partial charge in [-0.2, -0.15) is 0 Å². The van der Waals surface area contributed by atoms with Crippen LogP contribution < -0.4 is 10.6 Å². The maximum absolute atomic E-state index is 5.37. The summed E-state index contributed by atoms with van der Waals surface area (Å²) in [5.41, 5.74) is 0. The molecule has 2 rings (SSSR count). The Labute approximate surface area is 141 Å². The van der Waals surface area contributed by atoms with Gasteiger partial charge in [0.05, 0.1) is 13.2 Å². The topological polar surface area (TPSA) is 52.1 Å². The first-order valence-electron chi connectivity index (χ1n) is 9.25. The quantitative estimate of drug-likeness (QED) is 0.530. The molecule has 0 radical (unpaired) electrons. The molecule has 134 valence electrons. The first-order chi connectivity index (χ1) is 11.3. The predicted octanol–water partition coefficient (Wildman–Crippen LogP) is 0.606. The molecular formula is C17H35N5O. The van der Waals surface area contributed by atoms with E-state index in [1.54, 1.807) is 0 Å². The molecule has 0 saturated carbocycles. The number of rotatable bonds is 7. The van der Waals surface area contributed by atoms with Crippen LogP contribution in [-0.4, -0.2) is 88.4 Å².